The third-order valence-corrected chi connectivity index (χ3v) is 2.25. The van der Waals surface area contributed by atoms with Crippen molar-refractivity contribution < 1.29 is 17.2 Å². The normalized spacial score (nSPS) is 12.1. The van der Waals surface area contributed by atoms with Crippen LogP contribution < -0.4 is 5.14 Å². The Morgan fingerprint density at radius 2 is 2.14 bits per heavy atom. The molecule has 0 unspecified atom stereocenters. The van der Waals surface area contributed by atoms with Crippen LogP contribution in [0, 0.1) is 5.82 Å². The molecule has 0 radical (unpaired) electrons. The first-order valence-electron chi connectivity index (χ1n) is 3.56. The highest BCUT2D eigenvalue weighted by molar-refractivity contribution is 7.88. The zero-order chi connectivity index (χ0) is 10.3. The first kappa shape index (κ1) is 9.10. The molecule has 0 amide bonds. The Labute approximate surface area is 78.4 Å². The average Bonchev–Trinajstić information content (AvgIpc) is 2.48. The maximum atomic E-state index is 13.0. The van der Waals surface area contributed by atoms with Gasteiger partial charge in [0.25, 0.3) is 10.0 Å². The van der Waals surface area contributed by atoms with Crippen LogP contribution in [-0.2, 0) is 10.0 Å². The lowest BCUT2D eigenvalue weighted by molar-refractivity contribution is 0.459. The van der Waals surface area contributed by atoms with E-state index in [-0.39, 0.29) is 11.1 Å². The van der Waals surface area contributed by atoms with Gasteiger partial charge in [-0.2, -0.15) is 4.98 Å². The minimum absolute atomic E-state index is 0.0500. The summed E-state index contributed by atoms with van der Waals surface area (Å²) in [6.07, 6.45) is 0. The van der Waals surface area contributed by atoms with Crippen LogP contribution in [0.4, 0.5) is 4.39 Å². The Hall–Kier alpha value is -1.47. The van der Waals surface area contributed by atoms with E-state index in [1.54, 1.807) is 0 Å². The first-order chi connectivity index (χ1) is 6.48. The van der Waals surface area contributed by atoms with Gasteiger partial charge in [0.2, 0.25) is 0 Å². The van der Waals surface area contributed by atoms with Crippen LogP contribution in [0.2, 0.25) is 0 Å². The molecule has 1 aromatic carbocycles. The Kier molecular flexibility index (Phi) is 1.79. The molecule has 0 bridgehead atoms. The number of primary sulfonamides is 1. The number of sulfonamides is 1. The number of hydrogen-bond acceptors (Lipinski definition) is 4. The second kappa shape index (κ2) is 2.76. The Morgan fingerprint density at radius 1 is 1.43 bits per heavy atom. The van der Waals surface area contributed by atoms with Crippen molar-refractivity contribution in [1.29, 1.82) is 0 Å². The standard InChI is InChI=1S/C7H5FN2O3S/c8-4-2-1-3-5-6(4)10-7(13-5)14(9,11)12/h1-3H,(H2,9,11,12). The van der Waals surface area contributed by atoms with Gasteiger partial charge in [0.05, 0.1) is 0 Å². The van der Waals surface area contributed by atoms with Crippen molar-refractivity contribution in [2.75, 3.05) is 0 Å². The average molecular weight is 216 g/mol. The van der Waals surface area contributed by atoms with E-state index in [0.717, 1.165) is 6.07 Å². The molecule has 1 heterocycles. The summed E-state index contributed by atoms with van der Waals surface area (Å²) in [4.78, 5) is 3.43. The number of halogens is 1. The van der Waals surface area contributed by atoms with Crippen LogP contribution in [0.25, 0.3) is 11.1 Å². The summed E-state index contributed by atoms with van der Waals surface area (Å²) in [7, 11) is -4.03. The quantitative estimate of drug-likeness (QED) is 0.756. The number of oxazole rings is 1. The monoisotopic (exact) mass is 216 g/mol. The Balaban J connectivity index is 2.81. The highest BCUT2D eigenvalue weighted by Crippen LogP contribution is 2.19. The smallest absolute Gasteiger partial charge is 0.331 e. The van der Waals surface area contributed by atoms with Gasteiger partial charge in [-0.3, -0.25) is 0 Å². The number of hydrogen-bond donors (Lipinski definition) is 1. The van der Waals surface area contributed by atoms with Crippen molar-refractivity contribution in [3.63, 3.8) is 0 Å². The number of nitrogens with two attached hydrogens (primary N) is 1. The van der Waals surface area contributed by atoms with Crippen LogP contribution in [0.5, 0.6) is 0 Å². The number of fused-ring (bicyclic) bond motifs is 1. The van der Waals surface area contributed by atoms with Crippen molar-refractivity contribution in [3.05, 3.63) is 24.0 Å². The van der Waals surface area contributed by atoms with E-state index >= 15 is 0 Å². The van der Waals surface area contributed by atoms with Gasteiger partial charge in [0.1, 0.15) is 5.52 Å². The number of rotatable bonds is 1. The highest BCUT2D eigenvalue weighted by atomic mass is 32.2. The zero-order valence-corrected chi connectivity index (χ0v) is 7.58. The molecule has 0 saturated carbocycles. The fraction of sp³-hybridized carbons (Fsp3) is 0. The fourth-order valence-electron chi connectivity index (χ4n) is 1.02. The number of benzene rings is 1. The van der Waals surface area contributed by atoms with Crippen LogP contribution in [-0.4, -0.2) is 13.4 Å². The van der Waals surface area contributed by atoms with Crippen LogP contribution in [0.15, 0.2) is 27.8 Å². The van der Waals surface area contributed by atoms with Crippen molar-refractivity contribution in [1.82, 2.24) is 4.98 Å². The molecule has 2 aromatic rings. The molecule has 74 valence electrons. The molecule has 2 rings (SSSR count). The van der Waals surface area contributed by atoms with Gasteiger partial charge >= 0.3 is 5.22 Å². The third-order valence-electron chi connectivity index (χ3n) is 1.59. The molecule has 0 aliphatic carbocycles. The van der Waals surface area contributed by atoms with Gasteiger partial charge < -0.3 is 4.42 Å². The number of para-hydroxylation sites is 1. The van der Waals surface area contributed by atoms with E-state index < -0.39 is 21.1 Å². The van der Waals surface area contributed by atoms with Gasteiger partial charge in [-0.15, -0.1) is 0 Å². The second-order valence-electron chi connectivity index (χ2n) is 2.61. The molecular formula is C7H5FN2O3S. The molecule has 0 spiro atoms. The third kappa shape index (κ3) is 1.36. The van der Waals surface area contributed by atoms with E-state index in [2.05, 4.69) is 4.98 Å². The van der Waals surface area contributed by atoms with E-state index in [0.29, 0.717) is 0 Å². The molecule has 14 heavy (non-hydrogen) atoms. The van der Waals surface area contributed by atoms with E-state index in [1.807, 2.05) is 0 Å². The number of aromatic nitrogens is 1. The largest absolute Gasteiger partial charge is 0.427 e. The molecule has 0 fully saturated rings. The zero-order valence-electron chi connectivity index (χ0n) is 6.77. The summed E-state index contributed by atoms with van der Waals surface area (Å²) < 4.78 is 39.4. The summed E-state index contributed by atoms with van der Waals surface area (Å²) in [5, 5.41) is 4.08. The van der Waals surface area contributed by atoms with Gasteiger partial charge in [-0.25, -0.2) is 17.9 Å². The predicted octanol–water partition coefficient (Wildman–Crippen LogP) is 0.614. The SMILES string of the molecule is NS(=O)(=O)c1nc2c(F)cccc2o1. The Morgan fingerprint density at radius 3 is 2.71 bits per heavy atom. The summed E-state index contributed by atoms with van der Waals surface area (Å²) in [6.45, 7) is 0. The van der Waals surface area contributed by atoms with Crippen LogP contribution in [0.3, 0.4) is 0 Å². The molecule has 0 aliphatic rings. The van der Waals surface area contributed by atoms with Crippen molar-refractivity contribution in [2.45, 2.75) is 5.22 Å². The lowest BCUT2D eigenvalue weighted by atomic mass is 10.3. The van der Waals surface area contributed by atoms with Crippen molar-refractivity contribution >= 4 is 21.1 Å². The molecule has 0 atom stereocenters. The van der Waals surface area contributed by atoms with E-state index in [4.69, 9.17) is 9.56 Å². The van der Waals surface area contributed by atoms with Crippen molar-refractivity contribution in [3.8, 4) is 0 Å². The lowest BCUT2D eigenvalue weighted by Gasteiger charge is -1.85. The lowest BCUT2D eigenvalue weighted by Crippen LogP contribution is -2.12. The Bertz CT molecular complexity index is 590. The number of nitrogens with zero attached hydrogens (tertiary/aromatic N) is 1. The van der Waals surface area contributed by atoms with Crippen molar-refractivity contribution in [2.24, 2.45) is 5.14 Å². The predicted molar refractivity (Wildman–Crippen MR) is 45.3 cm³/mol. The maximum absolute atomic E-state index is 13.0. The van der Waals surface area contributed by atoms with Crippen LogP contribution >= 0.6 is 0 Å². The molecular weight excluding hydrogens is 211 g/mol. The molecule has 0 aliphatic heterocycles. The minimum Gasteiger partial charge on any atom is -0.427 e. The van der Waals surface area contributed by atoms with Gasteiger partial charge in [0, 0.05) is 0 Å². The summed E-state index contributed by atoms with van der Waals surface area (Å²) in [5.41, 5.74) is -0.0921. The molecule has 2 N–H and O–H groups in total. The summed E-state index contributed by atoms with van der Waals surface area (Å²) in [6, 6.07) is 3.94. The summed E-state index contributed by atoms with van der Waals surface area (Å²) >= 11 is 0. The molecule has 7 heteroatoms. The molecule has 1 aromatic heterocycles. The van der Waals surface area contributed by atoms with Crippen LogP contribution in [0.1, 0.15) is 0 Å². The van der Waals surface area contributed by atoms with Gasteiger partial charge in [-0.05, 0) is 12.1 Å². The molecule has 0 saturated heterocycles. The maximum Gasteiger partial charge on any atom is 0.331 e. The molecule has 5 nitrogen and oxygen atoms in total. The minimum atomic E-state index is -4.03. The fourth-order valence-corrected chi connectivity index (χ4v) is 1.44. The summed E-state index contributed by atoms with van der Waals surface area (Å²) in [5.74, 6) is -0.652. The van der Waals surface area contributed by atoms with Gasteiger partial charge in [0.15, 0.2) is 11.4 Å². The van der Waals surface area contributed by atoms with Gasteiger partial charge in [-0.1, -0.05) is 6.07 Å². The topological polar surface area (TPSA) is 86.2 Å². The highest BCUT2D eigenvalue weighted by Gasteiger charge is 2.18. The van der Waals surface area contributed by atoms with E-state index in [1.165, 1.54) is 12.1 Å². The first-order valence-corrected chi connectivity index (χ1v) is 5.11. The van der Waals surface area contributed by atoms with E-state index in [9.17, 15) is 12.8 Å². The second-order valence-corrected chi connectivity index (χ2v) is 4.05.